The zero-order valence-electron chi connectivity index (χ0n) is 12.7. The largest absolute Gasteiger partial charge is 0.489 e. The zero-order chi connectivity index (χ0) is 17.1. The van der Waals surface area contributed by atoms with Gasteiger partial charge in [0.25, 0.3) is 0 Å². The highest BCUT2D eigenvalue weighted by molar-refractivity contribution is 9.10. The fourth-order valence-corrected chi connectivity index (χ4v) is 3.99. The normalized spacial score (nSPS) is 17.7. The number of fused-ring (bicyclic) bond motifs is 7. The molecule has 0 saturated carbocycles. The van der Waals surface area contributed by atoms with Crippen molar-refractivity contribution in [1.29, 1.82) is 0 Å². The molecule has 0 aliphatic carbocycles. The maximum atomic E-state index is 12.8. The smallest absolute Gasteiger partial charge is 0.344 e. The quantitative estimate of drug-likeness (QED) is 0.483. The third-order valence-corrected chi connectivity index (χ3v) is 5.25. The summed E-state index contributed by atoms with van der Waals surface area (Å²) in [5.41, 5.74) is 2.31. The standard InChI is InChI=1S/C19H10BrClO4/c20-10-1-3-14-12(5-10)16-9(7-23-14)8-24-18-13-6-11(21)2-4-15(13)25-19(22)17(16)18/h1-6,8,16H,7H2. The van der Waals surface area contributed by atoms with Crippen LogP contribution >= 0.6 is 27.5 Å². The second kappa shape index (κ2) is 5.38. The van der Waals surface area contributed by atoms with E-state index in [9.17, 15) is 4.79 Å². The number of benzene rings is 2. The lowest BCUT2D eigenvalue weighted by Crippen LogP contribution is -2.27. The molecular weight excluding hydrogens is 408 g/mol. The van der Waals surface area contributed by atoms with Crippen LogP contribution in [0.1, 0.15) is 17.0 Å². The molecule has 25 heavy (non-hydrogen) atoms. The van der Waals surface area contributed by atoms with Crippen molar-refractivity contribution in [2.75, 3.05) is 6.61 Å². The van der Waals surface area contributed by atoms with E-state index in [1.54, 1.807) is 24.5 Å². The second-order valence-corrected chi connectivity index (χ2v) is 7.34. The maximum absolute atomic E-state index is 12.8. The lowest BCUT2D eigenvalue weighted by Gasteiger charge is -2.32. The van der Waals surface area contributed by atoms with Crippen LogP contribution in [0.3, 0.4) is 0 Å². The predicted octanol–water partition coefficient (Wildman–Crippen LogP) is 5.01. The summed E-state index contributed by atoms with van der Waals surface area (Å²) < 4.78 is 18.1. The van der Waals surface area contributed by atoms with Gasteiger partial charge in [-0.1, -0.05) is 27.5 Å². The third kappa shape index (κ3) is 2.23. The van der Waals surface area contributed by atoms with Gasteiger partial charge in [0, 0.05) is 20.6 Å². The first kappa shape index (κ1) is 15.0. The van der Waals surface area contributed by atoms with Crippen molar-refractivity contribution in [2.45, 2.75) is 5.92 Å². The van der Waals surface area contributed by atoms with Crippen LogP contribution in [0.5, 0.6) is 11.5 Å². The monoisotopic (exact) mass is 416 g/mol. The van der Waals surface area contributed by atoms with E-state index in [4.69, 9.17) is 25.5 Å². The Kier molecular flexibility index (Phi) is 3.24. The van der Waals surface area contributed by atoms with Gasteiger partial charge in [0.15, 0.2) is 0 Å². The topological polar surface area (TPSA) is 48.7 Å². The molecule has 3 aromatic rings. The van der Waals surface area contributed by atoms with Crippen molar-refractivity contribution in [3.63, 3.8) is 0 Å². The molecule has 0 N–H and O–H groups in total. The number of hydrogen-bond acceptors (Lipinski definition) is 4. The fraction of sp³-hybridized carbons (Fsp3) is 0.105. The molecule has 4 nitrogen and oxygen atoms in total. The molecule has 0 bridgehead atoms. The van der Waals surface area contributed by atoms with Crippen molar-refractivity contribution in [3.05, 3.63) is 79.3 Å². The Hall–Kier alpha value is -2.24. The molecule has 0 saturated heterocycles. The lowest BCUT2D eigenvalue weighted by molar-refractivity contribution is 0.307. The molecular formula is C19H10BrClO4. The van der Waals surface area contributed by atoms with E-state index in [1.807, 2.05) is 18.2 Å². The molecule has 1 unspecified atom stereocenters. The summed E-state index contributed by atoms with van der Waals surface area (Å²) in [7, 11) is 0. The molecule has 1 aromatic heterocycles. The number of hydrogen-bond donors (Lipinski definition) is 0. The van der Waals surface area contributed by atoms with E-state index < -0.39 is 5.63 Å². The Bertz CT molecular complexity index is 1130. The van der Waals surface area contributed by atoms with Gasteiger partial charge in [-0.3, -0.25) is 0 Å². The van der Waals surface area contributed by atoms with Gasteiger partial charge in [-0.05, 0) is 36.4 Å². The van der Waals surface area contributed by atoms with Crippen LogP contribution < -0.4 is 15.1 Å². The highest BCUT2D eigenvalue weighted by Gasteiger charge is 2.36. The van der Waals surface area contributed by atoms with E-state index in [-0.39, 0.29) is 5.92 Å². The SMILES string of the molecule is O=c1oc2ccc(Cl)cc2c2c1C1C(=CO2)COc2ccc(Br)cc21. The summed E-state index contributed by atoms with van der Waals surface area (Å²) in [6.07, 6.45) is 1.66. The molecule has 0 spiro atoms. The van der Waals surface area contributed by atoms with Gasteiger partial charge in [-0.15, -0.1) is 0 Å². The summed E-state index contributed by atoms with van der Waals surface area (Å²) in [5.74, 6) is 0.990. The lowest BCUT2D eigenvalue weighted by atomic mass is 9.82. The van der Waals surface area contributed by atoms with E-state index in [2.05, 4.69) is 15.9 Å². The highest BCUT2D eigenvalue weighted by Crippen LogP contribution is 2.48. The van der Waals surface area contributed by atoms with Crippen LogP contribution in [0.4, 0.5) is 0 Å². The van der Waals surface area contributed by atoms with E-state index in [0.717, 1.165) is 21.4 Å². The maximum Gasteiger partial charge on any atom is 0.344 e. The molecule has 0 radical (unpaired) electrons. The second-order valence-electron chi connectivity index (χ2n) is 5.99. The Morgan fingerprint density at radius 3 is 2.92 bits per heavy atom. The summed E-state index contributed by atoms with van der Waals surface area (Å²) in [4.78, 5) is 12.8. The molecule has 0 amide bonds. The average molecular weight is 418 g/mol. The van der Waals surface area contributed by atoms with Gasteiger partial charge in [0.1, 0.15) is 23.7 Å². The molecule has 2 aromatic carbocycles. The van der Waals surface area contributed by atoms with E-state index >= 15 is 0 Å². The van der Waals surface area contributed by atoms with Crippen LogP contribution in [0.25, 0.3) is 11.0 Å². The highest BCUT2D eigenvalue weighted by atomic mass is 79.9. The summed E-state index contributed by atoms with van der Waals surface area (Å²) in [6.45, 7) is 0.367. The van der Waals surface area contributed by atoms with Gasteiger partial charge in [-0.25, -0.2) is 4.79 Å². The van der Waals surface area contributed by atoms with Crippen LogP contribution in [-0.2, 0) is 0 Å². The first-order chi connectivity index (χ1) is 12.1. The van der Waals surface area contributed by atoms with E-state index in [0.29, 0.717) is 33.9 Å². The molecule has 6 heteroatoms. The molecule has 124 valence electrons. The van der Waals surface area contributed by atoms with Gasteiger partial charge >= 0.3 is 5.63 Å². The molecule has 3 heterocycles. The molecule has 2 aliphatic rings. The van der Waals surface area contributed by atoms with Gasteiger partial charge in [-0.2, -0.15) is 0 Å². The zero-order valence-corrected chi connectivity index (χ0v) is 15.1. The number of rotatable bonds is 0. The van der Waals surface area contributed by atoms with Crippen LogP contribution in [0, 0.1) is 0 Å². The van der Waals surface area contributed by atoms with Gasteiger partial charge in [0.05, 0.1) is 23.1 Å². The minimum atomic E-state index is -0.409. The Morgan fingerprint density at radius 2 is 2.04 bits per heavy atom. The Balaban J connectivity index is 1.85. The van der Waals surface area contributed by atoms with Crippen LogP contribution in [0.15, 0.2) is 61.9 Å². The van der Waals surface area contributed by atoms with Crippen LogP contribution in [0.2, 0.25) is 5.02 Å². The average Bonchev–Trinajstić information content (AvgIpc) is 2.61. The summed E-state index contributed by atoms with van der Waals surface area (Å²) in [5, 5.41) is 1.23. The van der Waals surface area contributed by atoms with Gasteiger partial charge in [0.2, 0.25) is 0 Å². The van der Waals surface area contributed by atoms with Crippen molar-refractivity contribution >= 4 is 38.5 Å². The molecule has 0 fully saturated rings. The minimum Gasteiger partial charge on any atom is -0.489 e. The first-order valence-corrected chi connectivity index (χ1v) is 8.83. The van der Waals surface area contributed by atoms with Crippen molar-refractivity contribution in [1.82, 2.24) is 0 Å². The number of ether oxygens (including phenoxy) is 2. The first-order valence-electron chi connectivity index (χ1n) is 7.66. The Morgan fingerprint density at radius 1 is 1.16 bits per heavy atom. The van der Waals surface area contributed by atoms with E-state index in [1.165, 1.54) is 0 Å². The van der Waals surface area contributed by atoms with Crippen molar-refractivity contribution in [3.8, 4) is 11.5 Å². The van der Waals surface area contributed by atoms with Gasteiger partial charge < -0.3 is 13.9 Å². The molecule has 1 atom stereocenters. The summed E-state index contributed by atoms with van der Waals surface area (Å²) >= 11 is 9.61. The van der Waals surface area contributed by atoms with Crippen molar-refractivity contribution < 1.29 is 13.9 Å². The summed E-state index contributed by atoms with van der Waals surface area (Å²) in [6, 6.07) is 10.9. The molecule has 2 aliphatic heterocycles. The number of halogens is 2. The van der Waals surface area contributed by atoms with Crippen LogP contribution in [-0.4, -0.2) is 6.61 Å². The fourth-order valence-electron chi connectivity index (χ4n) is 3.44. The predicted molar refractivity (Wildman–Crippen MR) is 97.7 cm³/mol. The van der Waals surface area contributed by atoms with Crippen molar-refractivity contribution in [2.24, 2.45) is 0 Å². The molecule has 5 rings (SSSR count). The third-order valence-electron chi connectivity index (χ3n) is 4.52. The Labute approximate surface area is 155 Å². The minimum absolute atomic E-state index is 0.260.